The third kappa shape index (κ3) is 5.38. The molecule has 1 aromatic heterocycles. The number of rotatable bonds is 7. The summed E-state index contributed by atoms with van der Waals surface area (Å²) >= 11 is 0. The first-order chi connectivity index (χ1) is 9.00. The largest absolute Gasteiger partial charge is 0.477 e. The number of carboxylic acid groups (broad SMARTS) is 1. The topological polar surface area (TPSA) is 88.5 Å². The fourth-order valence-electron chi connectivity index (χ4n) is 1.18. The van der Waals surface area contributed by atoms with Crippen molar-refractivity contribution in [2.24, 2.45) is 0 Å². The van der Waals surface area contributed by atoms with Gasteiger partial charge in [-0.2, -0.15) is 0 Å². The second-order valence-electron chi connectivity index (χ2n) is 3.44. The van der Waals surface area contributed by atoms with E-state index in [1.54, 1.807) is 0 Å². The van der Waals surface area contributed by atoms with Gasteiger partial charge in [0, 0.05) is 6.54 Å². The van der Waals surface area contributed by atoms with Crippen LogP contribution >= 0.6 is 0 Å². The van der Waals surface area contributed by atoms with Crippen LogP contribution in [0.25, 0.3) is 0 Å². The Hall–Kier alpha value is -2.09. The highest BCUT2D eigenvalue weighted by Gasteiger charge is 2.10. The molecule has 0 spiro atoms. The van der Waals surface area contributed by atoms with E-state index < -0.39 is 24.9 Å². The zero-order valence-corrected chi connectivity index (χ0v) is 9.81. The summed E-state index contributed by atoms with van der Waals surface area (Å²) in [5.74, 6) is -1.83. The van der Waals surface area contributed by atoms with Crippen molar-refractivity contribution in [3.05, 3.63) is 29.6 Å². The van der Waals surface area contributed by atoms with Crippen molar-refractivity contribution >= 4 is 11.9 Å². The summed E-state index contributed by atoms with van der Waals surface area (Å²) in [5, 5.41) is 11.1. The van der Waals surface area contributed by atoms with Crippen molar-refractivity contribution < 1.29 is 28.2 Å². The molecular weight excluding hydrogens is 262 g/mol. The predicted molar refractivity (Wildman–Crippen MR) is 60.4 cm³/mol. The number of nitrogens with one attached hydrogen (secondary N) is 1. The fourth-order valence-corrected chi connectivity index (χ4v) is 1.18. The van der Waals surface area contributed by atoms with E-state index in [1.165, 1.54) is 18.2 Å². The van der Waals surface area contributed by atoms with Gasteiger partial charge in [0.1, 0.15) is 18.0 Å². The molecule has 0 atom stereocenters. The highest BCUT2D eigenvalue weighted by molar-refractivity contribution is 5.94. The van der Waals surface area contributed by atoms with Gasteiger partial charge in [0.15, 0.2) is 0 Å². The van der Waals surface area contributed by atoms with Gasteiger partial charge in [-0.3, -0.25) is 4.79 Å². The van der Waals surface area contributed by atoms with Gasteiger partial charge in [0.2, 0.25) is 0 Å². The Morgan fingerprint density at radius 2 is 2.05 bits per heavy atom. The van der Waals surface area contributed by atoms with Crippen LogP contribution in [0.2, 0.25) is 0 Å². The summed E-state index contributed by atoms with van der Waals surface area (Å²) < 4.78 is 28.0. The minimum Gasteiger partial charge on any atom is -0.477 e. The van der Waals surface area contributed by atoms with Crippen LogP contribution in [0.1, 0.15) is 21.0 Å². The lowest BCUT2D eigenvalue weighted by Crippen LogP contribution is -2.28. The summed E-state index contributed by atoms with van der Waals surface area (Å²) in [7, 11) is 0. The van der Waals surface area contributed by atoms with Crippen LogP contribution in [0.5, 0.6) is 0 Å². The molecule has 0 aliphatic heterocycles. The molecular formula is C11H12F2N2O4. The average molecular weight is 274 g/mol. The first kappa shape index (κ1) is 15.0. The molecule has 0 aliphatic carbocycles. The van der Waals surface area contributed by atoms with Gasteiger partial charge in [0.05, 0.1) is 6.61 Å². The molecule has 1 amide bonds. The SMILES string of the molecule is O=C(O)c1cccc(C(=O)NCCOCC(F)F)n1. The van der Waals surface area contributed by atoms with Gasteiger partial charge in [-0.15, -0.1) is 0 Å². The maximum absolute atomic E-state index is 11.7. The molecule has 0 bridgehead atoms. The highest BCUT2D eigenvalue weighted by Crippen LogP contribution is 1.99. The fraction of sp³-hybridized carbons (Fsp3) is 0.364. The van der Waals surface area contributed by atoms with Gasteiger partial charge in [-0.05, 0) is 12.1 Å². The number of ether oxygens (including phenoxy) is 1. The van der Waals surface area contributed by atoms with Crippen molar-refractivity contribution in [3.8, 4) is 0 Å². The van der Waals surface area contributed by atoms with E-state index in [0.717, 1.165) is 0 Å². The molecule has 0 aliphatic rings. The second-order valence-corrected chi connectivity index (χ2v) is 3.44. The lowest BCUT2D eigenvalue weighted by atomic mass is 10.3. The monoisotopic (exact) mass is 274 g/mol. The molecule has 0 unspecified atom stereocenters. The molecule has 8 heteroatoms. The number of carboxylic acids is 1. The summed E-state index contributed by atoms with van der Waals surface area (Å²) in [6.45, 7) is -0.720. The minimum atomic E-state index is -2.55. The molecule has 1 aromatic rings. The Kier molecular flexibility index (Phi) is 5.80. The molecule has 0 fully saturated rings. The number of alkyl halides is 2. The summed E-state index contributed by atoms with van der Waals surface area (Å²) in [5.41, 5.74) is -0.310. The van der Waals surface area contributed by atoms with Crippen LogP contribution in [0, 0.1) is 0 Å². The van der Waals surface area contributed by atoms with E-state index in [1.807, 2.05) is 0 Å². The van der Waals surface area contributed by atoms with Crippen molar-refractivity contribution in [2.45, 2.75) is 6.43 Å². The van der Waals surface area contributed by atoms with Crippen molar-refractivity contribution in [1.29, 1.82) is 0 Å². The molecule has 104 valence electrons. The smallest absolute Gasteiger partial charge is 0.354 e. The molecule has 1 rings (SSSR count). The molecule has 0 radical (unpaired) electrons. The van der Waals surface area contributed by atoms with E-state index >= 15 is 0 Å². The average Bonchev–Trinajstić information content (AvgIpc) is 2.37. The quantitative estimate of drug-likeness (QED) is 0.718. The van der Waals surface area contributed by atoms with Crippen LogP contribution in [-0.2, 0) is 4.74 Å². The zero-order chi connectivity index (χ0) is 14.3. The van der Waals surface area contributed by atoms with Crippen molar-refractivity contribution in [3.63, 3.8) is 0 Å². The molecule has 0 saturated heterocycles. The number of halogens is 2. The number of carbonyl (C=O) groups excluding carboxylic acids is 1. The molecule has 2 N–H and O–H groups in total. The number of hydrogen-bond donors (Lipinski definition) is 2. The van der Waals surface area contributed by atoms with Gasteiger partial charge in [-0.25, -0.2) is 18.6 Å². The van der Waals surface area contributed by atoms with Crippen LogP contribution < -0.4 is 5.32 Å². The van der Waals surface area contributed by atoms with Crippen LogP contribution in [0.4, 0.5) is 8.78 Å². The lowest BCUT2D eigenvalue weighted by Gasteiger charge is -2.06. The zero-order valence-electron chi connectivity index (χ0n) is 9.81. The Labute approximate surface area is 107 Å². The summed E-state index contributed by atoms with van der Waals surface area (Å²) in [4.78, 5) is 25.8. The number of nitrogens with zero attached hydrogens (tertiary/aromatic N) is 1. The lowest BCUT2D eigenvalue weighted by molar-refractivity contribution is 0.0188. The van der Waals surface area contributed by atoms with Gasteiger partial charge >= 0.3 is 5.97 Å². The maximum Gasteiger partial charge on any atom is 0.354 e. The standard InChI is InChI=1S/C11H12F2N2O4/c12-9(13)6-19-5-4-14-10(16)7-2-1-3-8(15-7)11(17)18/h1-3,9H,4-6H2,(H,14,16)(H,17,18). The van der Waals surface area contributed by atoms with E-state index in [-0.39, 0.29) is 24.5 Å². The second kappa shape index (κ2) is 7.37. The van der Waals surface area contributed by atoms with E-state index in [4.69, 9.17) is 5.11 Å². The number of aromatic nitrogens is 1. The number of amides is 1. The maximum atomic E-state index is 11.7. The Morgan fingerprint density at radius 3 is 2.68 bits per heavy atom. The Bertz CT molecular complexity index is 454. The first-order valence-corrected chi connectivity index (χ1v) is 5.35. The van der Waals surface area contributed by atoms with Gasteiger partial charge in [-0.1, -0.05) is 6.07 Å². The van der Waals surface area contributed by atoms with E-state index in [2.05, 4.69) is 15.0 Å². The third-order valence-corrected chi connectivity index (χ3v) is 1.98. The Morgan fingerprint density at radius 1 is 1.37 bits per heavy atom. The van der Waals surface area contributed by atoms with Crippen LogP contribution in [0.15, 0.2) is 18.2 Å². The molecule has 0 saturated carbocycles. The Balaban J connectivity index is 2.41. The predicted octanol–water partition coefficient (Wildman–Crippen LogP) is 0.791. The van der Waals surface area contributed by atoms with E-state index in [9.17, 15) is 18.4 Å². The molecule has 0 aromatic carbocycles. The van der Waals surface area contributed by atoms with Gasteiger partial charge in [0.25, 0.3) is 12.3 Å². The number of hydrogen-bond acceptors (Lipinski definition) is 4. The van der Waals surface area contributed by atoms with Crippen molar-refractivity contribution in [1.82, 2.24) is 10.3 Å². The van der Waals surface area contributed by atoms with Gasteiger partial charge < -0.3 is 15.2 Å². The number of pyridine rings is 1. The third-order valence-electron chi connectivity index (χ3n) is 1.98. The normalized spacial score (nSPS) is 10.5. The molecule has 19 heavy (non-hydrogen) atoms. The highest BCUT2D eigenvalue weighted by atomic mass is 19.3. The molecule has 6 nitrogen and oxygen atoms in total. The van der Waals surface area contributed by atoms with Crippen LogP contribution in [0.3, 0.4) is 0 Å². The van der Waals surface area contributed by atoms with Crippen LogP contribution in [-0.4, -0.2) is 48.2 Å². The van der Waals surface area contributed by atoms with E-state index in [0.29, 0.717) is 0 Å². The number of carbonyl (C=O) groups is 2. The molecule has 1 heterocycles. The first-order valence-electron chi connectivity index (χ1n) is 5.35. The van der Waals surface area contributed by atoms with Crippen molar-refractivity contribution in [2.75, 3.05) is 19.8 Å². The number of aromatic carboxylic acids is 1. The summed E-state index contributed by atoms with van der Waals surface area (Å²) in [6.07, 6.45) is -2.55. The minimum absolute atomic E-state index is 0.0323. The summed E-state index contributed by atoms with van der Waals surface area (Å²) in [6, 6.07) is 3.99.